The Morgan fingerprint density at radius 3 is 2.79 bits per heavy atom. The first kappa shape index (κ1) is 22.3. The molecule has 1 aliphatic heterocycles. The largest absolute Gasteiger partial charge is 0.497 e. The molecule has 0 saturated carbocycles. The van der Waals surface area contributed by atoms with Crippen LogP contribution in [0.5, 0.6) is 11.5 Å². The van der Waals surface area contributed by atoms with E-state index < -0.39 is 0 Å². The number of fused-ring (bicyclic) bond motifs is 1. The predicted molar refractivity (Wildman–Crippen MR) is 122 cm³/mol. The van der Waals surface area contributed by atoms with E-state index in [0.717, 1.165) is 35.5 Å². The highest BCUT2D eigenvalue weighted by molar-refractivity contribution is 14.0. The summed E-state index contributed by atoms with van der Waals surface area (Å²) in [4.78, 5) is 4.40. The van der Waals surface area contributed by atoms with Crippen molar-refractivity contribution in [3.8, 4) is 11.5 Å². The predicted octanol–water partition coefficient (Wildman–Crippen LogP) is 3.65. The molecule has 7 heteroatoms. The van der Waals surface area contributed by atoms with Crippen molar-refractivity contribution in [1.82, 2.24) is 5.32 Å². The molecule has 1 unspecified atom stereocenters. The lowest BCUT2D eigenvalue weighted by Crippen LogP contribution is -2.37. The average Bonchev–Trinajstić information content (AvgIpc) is 2.71. The van der Waals surface area contributed by atoms with Crippen molar-refractivity contribution in [2.45, 2.75) is 25.5 Å². The minimum atomic E-state index is 0. The van der Waals surface area contributed by atoms with Gasteiger partial charge in [-0.3, -0.25) is 4.99 Å². The van der Waals surface area contributed by atoms with Gasteiger partial charge in [0.05, 0.1) is 26.4 Å². The number of hydrogen-bond acceptors (Lipinski definition) is 4. The van der Waals surface area contributed by atoms with Gasteiger partial charge in [-0.15, -0.1) is 24.0 Å². The third kappa shape index (κ3) is 6.56. The summed E-state index contributed by atoms with van der Waals surface area (Å²) in [6, 6.07) is 16.1. The van der Waals surface area contributed by atoms with Gasteiger partial charge in [0.25, 0.3) is 0 Å². The number of rotatable bonds is 8. The molecule has 0 aromatic heterocycles. The van der Waals surface area contributed by atoms with Gasteiger partial charge in [0.1, 0.15) is 11.5 Å². The number of nitrogens with two attached hydrogens (primary N) is 1. The van der Waals surface area contributed by atoms with E-state index in [1.54, 1.807) is 7.11 Å². The van der Waals surface area contributed by atoms with Crippen LogP contribution in [0.1, 0.15) is 30.0 Å². The van der Waals surface area contributed by atoms with Crippen molar-refractivity contribution in [3.05, 3.63) is 59.7 Å². The molecule has 1 heterocycles. The Bertz CT molecular complexity index is 753. The summed E-state index contributed by atoms with van der Waals surface area (Å²) in [5.74, 6) is 2.23. The third-order valence-electron chi connectivity index (χ3n) is 4.44. The molecule has 152 valence electrons. The van der Waals surface area contributed by atoms with E-state index in [1.165, 1.54) is 0 Å². The lowest BCUT2D eigenvalue weighted by Gasteiger charge is -2.26. The van der Waals surface area contributed by atoms with Crippen molar-refractivity contribution in [2.75, 3.05) is 26.9 Å². The molecule has 0 spiro atoms. The fourth-order valence-electron chi connectivity index (χ4n) is 2.99. The average molecular weight is 497 g/mol. The molecular formula is C21H28IN3O3. The molecule has 0 aliphatic carbocycles. The molecule has 0 saturated heterocycles. The Kier molecular flexibility index (Phi) is 9.36. The molecule has 3 rings (SSSR count). The minimum absolute atomic E-state index is 0. The summed E-state index contributed by atoms with van der Waals surface area (Å²) in [5.41, 5.74) is 8.29. The van der Waals surface area contributed by atoms with Gasteiger partial charge in [-0.1, -0.05) is 30.3 Å². The zero-order valence-corrected chi connectivity index (χ0v) is 18.4. The lowest BCUT2D eigenvalue weighted by molar-refractivity contribution is 0.120. The highest BCUT2D eigenvalue weighted by Gasteiger charge is 2.21. The van der Waals surface area contributed by atoms with Crippen molar-refractivity contribution in [2.24, 2.45) is 10.7 Å². The smallest absolute Gasteiger partial charge is 0.189 e. The van der Waals surface area contributed by atoms with Crippen LogP contribution < -0.4 is 20.5 Å². The molecule has 3 N–H and O–H groups in total. The maximum absolute atomic E-state index is 6.04. The van der Waals surface area contributed by atoms with Crippen molar-refractivity contribution in [1.29, 1.82) is 0 Å². The van der Waals surface area contributed by atoms with Crippen LogP contribution in [0.4, 0.5) is 0 Å². The number of benzene rings is 2. The molecule has 0 amide bonds. The van der Waals surface area contributed by atoms with E-state index in [1.807, 2.05) is 42.5 Å². The zero-order chi connectivity index (χ0) is 18.9. The zero-order valence-electron chi connectivity index (χ0n) is 16.1. The Hall–Kier alpha value is -2.00. The van der Waals surface area contributed by atoms with Gasteiger partial charge < -0.3 is 25.3 Å². The van der Waals surface area contributed by atoms with E-state index in [9.17, 15) is 0 Å². The van der Waals surface area contributed by atoms with E-state index in [-0.39, 0.29) is 30.0 Å². The van der Waals surface area contributed by atoms with Gasteiger partial charge in [-0.25, -0.2) is 0 Å². The number of hydrogen-bond donors (Lipinski definition) is 2. The molecule has 2 aromatic carbocycles. The monoisotopic (exact) mass is 497 g/mol. The van der Waals surface area contributed by atoms with Gasteiger partial charge >= 0.3 is 0 Å². The molecule has 0 radical (unpaired) electrons. The summed E-state index contributed by atoms with van der Waals surface area (Å²) in [7, 11) is 1.66. The molecule has 2 aromatic rings. The standard InChI is InChI=1S/C21H27N3O3.HI/c1-25-17-9-7-16(8-10-17)15-26-13-4-12-23-21(22)24-19-11-14-27-20-6-3-2-5-18(19)20;/h2-3,5-10,19H,4,11-15H2,1H3,(H3,22,23,24);1H. The number of nitrogens with one attached hydrogen (secondary N) is 1. The number of nitrogens with zero attached hydrogens (tertiary/aromatic N) is 1. The normalized spacial score (nSPS) is 15.8. The van der Waals surface area contributed by atoms with E-state index in [0.29, 0.717) is 32.3 Å². The molecule has 6 nitrogen and oxygen atoms in total. The van der Waals surface area contributed by atoms with Gasteiger partial charge in [-0.2, -0.15) is 0 Å². The van der Waals surface area contributed by atoms with Crippen molar-refractivity contribution >= 4 is 29.9 Å². The second kappa shape index (κ2) is 11.8. The van der Waals surface area contributed by atoms with Crippen LogP contribution >= 0.6 is 24.0 Å². The van der Waals surface area contributed by atoms with Crippen LogP contribution in [-0.4, -0.2) is 32.8 Å². The molecule has 0 bridgehead atoms. The second-order valence-corrected chi connectivity index (χ2v) is 6.39. The SMILES string of the molecule is COc1ccc(COCCCN=C(N)NC2CCOc3ccccc32)cc1.I. The Morgan fingerprint density at radius 1 is 1.21 bits per heavy atom. The highest BCUT2D eigenvalue weighted by atomic mass is 127. The maximum atomic E-state index is 6.04. The van der Waals surface area contributed by atoms with Crippen LogP contribution in [-0.2, 0) is 11.3 Å². The van der Waals surface area contributed by atoms with Crippen LogP contribution in [0.15, 0.2) is 53.5 Å². The summed E-state index contributed by atoms with van der Waals surface area (Å²) in [6.07, 6.45) is 1.70. The number of halogens is 1. The van der Waals surface area contributed by atoms with Crippen LogP contribution in [0, 0.1) is 0 Å². The van der Waals surface area contributed by atoms with Crippen molar-refractivity contribution in [3.63, 3.8) is 0 Å². The quantitative estimate of drug-likeness (QED) is 0.252. The fourth-order valence-corrected chi connectivity index (χ4v) is 2.99. The number of ether oxygens (including phenoxy) is 3. The summed E-state index contributed by atoms with van der Waals surface area (Å²) in [6.45, 7) is 2.54. The summed E-state index contributed by atoms with van der Waals surface area (Å²) in [5, 5.41) is 3.30. The Balaban J connectivity index is 0.00000280. The first-order valence-corrected chi connectivity index (χ1v) is 9.25. The maximum Gasteiger partial charge on any atom is 0.189 e. The summed E-state index contributed by atoms with van der Waals surface area (Å²) < 4.78 is 16.5. The highest BCUT2D eigenvalue weighted by Crippen LogP contribution is 2.31. The van der Waals surface area contributed by atoms with Gasteiger partial charge in [0.2, 0.25) is 0 Å². The molecular weight excluding hydrogens is 469 g/mol. The van der Waals surface area contributed by atoms with Crippen LogP contribution in [0.2, 0.25) is 0 Å². The topological polar surface area (TPSA) is 78.1 Å². The molecule has 0 fully saturated rings. The Labute approximate surface area is 183 Å². The van der Waals surface area contributed by atoms with Gasteiger partial charge in [0, 0.05) is 25.1 Å². The lowest BCUT2D eigenvalue weighted by atomic mass is 10.0. The second-order valence-electron chi connectivity index (χ2n) is 6.39. The first-order valence-electron chi connectivity index (χ1n) is 9.25. The Morgan fingerprint density at radius 2 is 2.00 bits per heavy atom. The van der Waals surface area contributed by atoms with Gasteiger partial charge in [0.15, 0.2) is 5.96 Å². The molecule has 1 aliphatic rings. The first-order chi connectivity index (χ1) is 13.3. The van der Waals surface area contributed by atoms with E-state index in [2.05, 4.69) is 16.4 Å². The number of aliphatic imine (C=N–C) groups is 1. The van der Waals surface area contributed by atoms with Crippen molar-refractivity contribution < 1.29 is 14.2 Å². The van der Waals surface area contributed by atoms with Crippen LogP contribution in [0.3, 0.4) is 0 Å². The van der Waals surface area contributed by atoms with E-state index in [4.69, 9.17) is 19.9 Å². The summed E-state index contributed by atoms with van der Waals surface area (Å²) >= 11 is 0. The van der Waals surface area contributed by atoms with Crippen LogP contribution in [0.25, 0.3) is 0 Å². The fraction of sp³-hybridized carbons (Fsp3) is 0.381. The number of guanidine groups is 1. The number of methoxy groups -OCH3 is 1. The van der Waals surface area contributed by atoms with E-state index >= 15 is 0 Å². The number of para-hydroxylation sites is 1. The minimum Gasteiger partial charge on any atom is -0.497 e. The third-order valence-corrected chi connectivity index (χ3v) is 4.44. The van der Waals surface area contributed by atoms with Gasteiger partial charge in [-0.05, 0) is 30.2 Å². The molecule has 28 heavy (non-hydrogen) atoms. The molecule has 1 atom stereocenters.